The van der Waals surface area contributed by atoms with Crippen LogP contribution in [-0.2, 0) is 5.33 Å². The van der Waals surface area contributed by atoms with Crippen LogP contribution in [0.25, 0.3) is 0 Å². The lowest BCUT2D eigenvalue weighted by Crippen LogP contribution is -1.92. The molecule has 1 rings (SSSR count). The molecule has 0 aliphatic heterocycles. The Morgan fingerprint density at radius 2 is 2.00 bits per heavy atom. The highest BCUT2D eigenvalue weighted by atomic mass is 127. The molecular formula is C9H10BrI. The van der Waals surface area contributed by atoms with Gasteiger partial charge in [0.15, 0.2) is 0 Å². The minimum absolute atomic E-state index is 0.957. The molecule has 0 aliphatic carbocycles. The molecule has 1 aromatic carbocycles. The van der Waals surface area contributed by atoms with E-state index in [1.807, 2.05) is 0 Å². The number of aryl methyl sites for hydroxylation is 1. The first-order valence-electron chi connectivity index (χ1n) is 3.47. The average Bonchev–Trinajstić information content (AvgIpc) is 1.99. The predicted molar refractivity (Wildman–Crippen MR) is 61.3 cm³/mol. The minimum atomic E-state index is 0.957. The van der Waals surface area contributed by atoms with Crippen LogP contribution in [0, 0.1) is 17.4 Å². The zero-order chi connectivity index (χ0) is 8.43. The van der Waals surface area contributed by atoms with E-state index in [1.54, 1.807) is 0 Å². The Morgan fingerprint density at radius 1 is 1.36 bits per heavy atom. The number of alkyl halides is 1. The zero-order valence-electron chi connectivity index (χ0n) is 6.62. The third-order valence-corrected chi connectivity index (χ3v) is 3.52. The van der Waals surface area contributed by atoms with Gasteiger partial charge in [0.1, 0.15) is 0 Å². The molecule has 0 fully saturated rings. The molecule has 0 nitrogen and oxygen atoms in total. The fourth-order valence-corrected chi connectivity index (χ4v) is 3.03. The van der Waals surface area contributed by atoms with Crippen LogP contribution in [0.15, 0.2) is 12.1 Å². The zero-order valence-corrected chi connectivity index (χ0v) is 10.4. The molecule has 2 heteroatoms. The smallest absolute Gasteiger partial charge is 0.0296 e. The van der Waals surface area contributed by atoms with Gasteiger partial charge in [-0.15, -0.1) is 0 Å². The molecule has 0 amide bonds. The Bertz CT molecular complexity index is 269. The van der Waals surface area contributed by atoms with E-state index in [2.05, 4.69) is 64.5 Å². The van der Waals surface area contributed by atoms with Gasteiger partial charge in [-0.05, 0) is 59.2 Å². The molecule has 1 aromatic rings. The Morgan fingerprint density at radius 3 is 2.45 bits per heavy atom. The van der Waals surface area contributed by atoms with Gasteiger partial charge in [-0.25, -0.2) is 0 Å². The van der Waals surface area contributed by atoms with E-state index in [0.717, 1.165) is 5.33 Å². The second kappa shape index (κ2) is 3.90. The maximum atomic E-state index is 3.49. The fourth-order valence-electron chi connectivity index (χ4n) is 1.00. The molecule has 0 saturated heterocycles. The van der Waals surface area contributed by atoms with Crippen molar-refractivity contribution in [2.45, 2.75) is 19.2 Å². The maximum Gasteiger partial charge on any atom is 0.0296 e. The van der Waals surface area contributed by atoms with Crippen molar-refractivity contribution in [1.29, 1.82) is 0 Å². The van der Waals surface area contributed by atoms with Crippen molar-refractivity contribution in [2.75, 3.05) is 0 Å². The quantitative estimate of drug-likeness (QED) is 0.544. The largest absolute Gasteiger partial charge is 0.0876 e. The van der Waals surface area contributed by atoms with Gasteiger partial charge in [-0.2, -0.15) is 0 Å². The van der Waals surface area contributed by atoms with Crippen LogP contribution in [0.5, 0.6) is 0 Å². The summed E-state index contributed by atoms with van der Waals surface area (Å²) in [5.74, 6) is 0. The van der Waals surface area contributed by atoms with Gasteiger partial charge in [0, 0.05) is 8.90 Å². The molecule has 0 spiro atoms. The molecule has 0 atom stereocenters. The van der Waals surface area contributed by atoms with Crippen molar-refractivity contribution in [3.63, 3.8) is 0 Å². The number of rotatable bonds is 1. The number of hydrogen-bond donors (Lipinski definition) is 0. The lowest BCUT2D eigenvalue weighted by Gasteiger charge is -2.07. The summed E-state index contributed by atoms with van der Waals surface area (Å²) in [6, 6.07) is 4.34. The van der Waals surface area contributed by atoms with E-state index < -0.39 is 0 Å². The first kappa shape index (κ1) is 9.52. The maximum absolute atomic E-state index is 3.49. The molecule has 0 saturated carbocycles. The monoisotopic (exact) mass is 324 g/mol. The molecule has 0 aromatic heterocycles. The molecular weight excluding hydrogens is 315 g/mol. The second-order valence-electron chi connectivity index (χ2n) is 2.60. The topological polar surface area (TPSA) is 0 Å². The van der Waals surface area contributed by atoms with Crippen molar-refractivity contribution in [1.82, 2.24) is 0 Å². The second-order valence-corrected chi connectivity index (χ2v) is 4.32. The third kappa shape index (κ3) is 1.96. The van der Waals surface area contributed by atoms with Crippen LogP contribution in [0.3, 0.4) is 0 Å². The van der Waals surface area contributed by atoms with Gasteiger partial charge < -0.3 is 0 Å². The summed E-state index contributed by atoms with van der Waals surface area (Å²) in [6.45, 7) is 4.33. The molecule has 0 bridgehead atoms. The van der Waals surface area contributed by atoms with Crippen LogP contribution in [-0.4, -0.2) is 0 Å². The standard InChI is InChI=1S/C9H10BrI/c1-6-3-4-9(11)8(5-10)7(6)2/h3-4H,5H2,1-2H3. The normalized spacial score (nSPS) is 10.2. The summed E-state index contributed by atoms with van der Waals surface area (Å²) in [5, 5.41) is 0.957. The van der Waals surface area contributed by atoms with Crippen molar-refractivity contribution in [3.05, 3.63) is 32.4 Å². The molecule has 0 N–H and O–H groups in total. The van der Waals surface area contributed by atoms with Crippen molar-refractivity contribution in [2.24, 2.45) is 0 Å². The SMILES string of the molecule is Cc1ccc(I)c(CBr)c1C. The van der Waals surface area contributed by atoms with Crippen LogP contribution in [0.2, 0.25) is 0 Å². The molecule has 0 unspecified atom stereocenters. The Kier molecular flexibility index (Phi) is 3.37. The van der Waals surface area contributed by atoms with E-state index in [0.29, 0.717) is 0 Å². The van der Waals surface area contributed by atoms with E-state index in [9.17, 15) is 0 Å². The van der Waals surface area contributed by atoms with Crippen molar-refractivity contribution in [3.8, 4) is 0 Å². The molecule has 0 radical (unpaired) electrons. The summed E-state index contributed by atoms with van der Waals surface area (Å²) in [6.07, 6.45) is 0. The summed E-state index contributed by atoms with van der Waals surface area (Å²) in [7, 11) is 0. The lowest BCUT2D eigenvalue weighted by atomic mass is 10.1. The van der Waals surface area contributed by atoms with E-state index >= 15 is 0 Å². The van der Waals surface area contributed by atoms with E-state index in [4.69, 9.17) is 0 Å². The summed E-state index contributed by atoms with van der Waals surface area (Å²) in [5.41, 5.74) is 4.21. The Hall–Kier alpha value is 0.430. The summed E-state index contributed by atoms with van der Waals surface area (Å²) in [4.78, 5) is 0. The highest BCUT2D eigenvalue weighted by molar-refractivity contribution is 14.1. The highest BCUT2D eigenvalue weighted by Gasteiger charge is 2.03. The first-order valence-corrected chi connectivity index (χ1v) is 5.67. The van der Waals surface area contributed by atoms with Crippen LogP contribution in [0.4, 0.5) is 0 Å². The number of halogens is 2. The van der Waals surface area contributed by atoms with E-state index in [-0.39, 0.29) is 0 Å². The van der Waals surface area contributed by atoms with Crippen molar-refractivity contribution >= 4 is 38.5 Å². The third-order valence-electron chi connectivity index (χ3n) is 1.95. The lowest BCUT2D eigenvalue weighted by molar-refractivity contribution is 1.23. The summed E-state index contributed by atoms with van der Waals surface area (Å²) >= 11 is 5.86. The van der Waals surface area contributed by atoms with Gasteiger partial charge in [0.25, 0.3) is 0 Å². The average molecular weight is 325 g/mol. The van der Waals surface area contributed by atoms with Gasteiger partial charge >= 0.3 is 0 Å². The van der Waals surface area contributed by atoms with Crippen LogP contribution < -0.4 is 0 Å². The van der Waals surface area contributed by atoms with Gasteiger partial charge in [0.05, 0.1) is 0 Å². The predicted octanol–water partition coefficient (Wildman–Crippen LogP) is 3.80. The van der Waals surface area contributed by atoms with Gasteiger partial charge in [-0.3, -0.25) is 0 Å². The Labute approximate surface area is 89.7 Å². The van der Waals surface area contributed by atoms with Crippen molar-refractivity contribution < 1.29 is 0 Å². The van der Waals surface area contributed by atoms with Crippen LogP contribution in [0.1, 0.15) is 16.7 Å². The van der Waals surface area contributed by atoms with Crippen LogP contribution >= 0.6 is 38.5 Å². The Balaban J connectivity index is 3.29. The first-order chi connectivity index (χ1) is 5.16. The molecule has 11 heavy (non-hydrogen) atoms. The highest BCUT2D eigenvalue weighted by Crippen LogP contribution is 2.21. The van der Waals surface area contributed by atoms with E-state index in [1.165, 1.54) is 20.3 Å². The molecule has 60 valence electrons. The fraction of sp³-hybridized carbons (Fsp3) is 0.333. The number of benzene rings is 1. The molecule has 0 aliphatic rings. The molecule has 0 heterocycles. The summed E-state index contributed by atoms with van der Waals surface area (Å²) < 4.78 is 1.35. The number of hydrogen-bond acceptors (Lipinski definition) is 0. The van der Waals surface area contributed by atoms with Gasteiger partial charge in [-0.1, -0.05) is 22.0 Å². The minimum Gasteiger partial charge on any atom is -0.0876 e. The van der Waals surface area contributed by atoms with Gasteiger partial charge in [0.2, 0.25) is 0 Å².